The van der Waals surface area contributed by atoms with Crippen LogP contribution in [0.25, 0.3) is 6.01 Å². The summed E-state index contributed by atoms with van der Waals surface area (Å²) in [6.07, 6.45) is 1.61. The fraction of sp³-hybridized carbons (Fsp3) is 0.400. The van der Waals surface area contributed by atoms with Crippen molar-refractivity contribution in [3.05, 3.63) is 28.4 Å². The normalized spacial score (nSPS) is 11.0. The van der Waals surface area contributed by atoms with E-state index in [0.717, 1.165) is 17.1 Å². The molecule has 0 aliphatic rings. The summed E-state index contributed by atoms with van der Waals surface area (Å²) >= 11 is 6.05. The molecule has 2 heterocycles. The minimum Gasteiger partial charge on any atom is -0.430 e. The highest BCUT2D eigenvalue weighted by molar-refractivity contribution is 6.31. The van der Waals surface area contributed by atoms with Gasteiger partial charge in [0.2, 0.25) is 0 Å². The number of halogens is 1. The van der Waals surface area contributed by atoms with Crippen molar-refractivity contribution in [3.8, 4) is 6.01 Å². The summed E-state index contributed by atoms with van der Waals surface area (Å²) in [5.41, 5.74) is 2.44. The molecule has 0 saturated heterocycles. The highest BCUT2D eigenvalue weighted by atomic mass is 35.5. The van der Waals surface area contributed by atoms with E-state index in [1.165, 1.54) is 0 Å². The van der Waals surface area contributed by atoms with Crippen LogP contribution in [0.15, 0.2) is 10.7 Å². The van der Waals surface area contributed by atoms with E-state index in [0.29, 0.717) is 17.6 Å². The lowest BCUT2D eigenvalue weighted by Crippen LogP contribution is -2.06. The zero-order valence-electron chi connectivity index (χ0n) is 9.41. The van der Waals surface area contributed by atoms with Gasteiger partial charge in [0.05, 0.1) is 22.1 Å². The van der Waals surface area contributed by atoms with Crippen molar-refractivity contribution in [2.75, 3.05) is 7.05 Å². The highest BCUT2D eigenvalue weighted by Gasteiger charge is 2.14. The van der Waals surface area contributed by atoms with E-state index in [2.05, 4.69) is 15.4 Å². The Kier molecular flexibility index (Phi) is 2.98. The Morgan fingerprint density at radius 2 is 2.25 bits per heavy atom. The molecule has 1 N–H and O–H groups in total. The average molecular weight is 241 g/mol. The summed E-state index contributed by atoms with van der Waals surface area (Å²) in [4.78, 5) is 4.30. The smallest absolute Gasteiger partial charge is 0.323 e. The van der Waals surface area contributed by atoms with Crippen LogP contribution in [0.5, 0.6) is 0 Å². The molecule has 16 heavy (non-hydrogen) atoms. The van der Waals surface area contributed by atoms with Crippen molar-refractivity contribution in [1.29, 1.82) is 0 Å². The second kappa shape index (κ2) is 4.27. The topological polar surface area (TPSA) is 55.9 Å². The van der Waals surface area contributed by atoms with Gasteiger partial charge < -0.3 is 9.73 Å². The molecule has 0 bridgehead atoms. The van der Waals surface area contributed by atoms with Crippen molar-refractivity contribution >= 4 is 11.6 Å². The van der Waals surface area contributed by atoms with Gasteiger partial charge in [0, 0.05) is 6.54 Å². The monoisotopic (exact) mass is 240 g/mol. The van der Waals surface area contributed by atoms with Crippen molar-refractivity contribution < 1.29 is 4.42 Å². The maximum Gasteiger partial charge on any atom is 0.323 e. The molecule has 2 aromatic heterocycles. The molecule has 0 fully saturated rings. The van der Waals surface area contributed by atoms with E-state index < -0.39 is 0 Å². The molecule has 0 spiro atoms. The lowest BCUT2D eigenvalue weighted by Gasteiger charge is -1.96. The average Bonchev–Trinajstić information content (AvgIpc) is 2.80. The zero-order chi connectivity index (χ0) is 11.7. The number of oxazole rings is 1. The SMILES string of the molecule is CNCc1coc(-n2nc(C)c(Cl)c2C)n1. The van der Waals surface area contributed by atoms with Gasteiger partial charge in [-0.05, 0) is 20.9 Å². The number of aromatic nitrogens is 3. The molecule has 0 aliphatic carbocycles. The number of aryl methyl sites for hydroxylation is 1. The maximum absolute atomic E-state index is 6.05. The van der Waals surface area contributed by atoms with Gasteiger partial charge in [0.1, 0.15) is 6.26 Å². The van der Waals surface area contributed by atoms with Gasteiger partial charge in [-0.15, -0.1) is 0 Å². The van der Waals surface area contributed by atoms with E-state index in [1.807, 2.05) is 20.9 Å². The first-order valence-electron chi connectivity index (χ1n) is 4.94. The van der Waals surface area contributed by atoms with Crippen LogP contribution in [-0.4, -0.2) is 21.8 Å². The summed E-state index contributed by atoms with van der Waals surface area (Å²) in [7, 11) is 1.86. The predicted octanol–water partition coefficient (Wildman–Crippen LogP) is 1.85. The summed E-state index contributed by atoms with van der Waals surface area (Å²) in [6.45, 7) is 4.39. The Hall–Kier alpha value is -1.33. The van der Waals surface area contributed by atoms with E-state index >= 15 is 0 Å². The molecule has 2 rings (SSSR count). The molecule has 0 amide bonds. The first kappa shape index (κ1) is 11.2. The number of hydrogen-bond donors (Lipinski definition) is 1. The Morgan fingerprint density at radius 1 is 1.50 bits per heavy atom. The molecule has 5 nitrogen and oxygen atoms in total. The third-order valence-corrected chi connectivity index (χ3v) is 2.83. The summed E-state index contributed by atoms with van der Waals surface area (Å²) in [5, 5.41) is 7.91. The number of nitrogens with one attached hydrogen (secondary N) is 1. The number of rotatable bonds is 3. The minimum absolute atomic E-state index is 0.442. The molecular formula is C10H13ClN4O. The predicted molar refractivity (Wildman–Crippen MR) is 60.9 cm³/mol. The Balaban J connectivity index is 2.38. The van der Waals surface area contributed by atoms with Gasteiger partial charge in [-0.2, -0.15) is 14.8 Å². The first-order chi connectivity index (χ1) is 7.63. The van der Waals surface area contributed by atoms with E-state index in [9.17, 15) is 0 Å². The van der Waals surface area contributed by atoms with Crippen LogP contribution in [0, 0.1) is 13.8 Å². The standard InChI is InChI=1S/C10H13ClN4O/c1-6-9(11)7(2)15(14-6)10-13-8(4-12-3)5-16-10/h5,12H,4H2,1-3H3. The number of hydrogen-bond acceptors (Lipinski definition) is 4. The first-order valence-corrected chi connectivity index (χ1v) is 5.32. The Morgan fingerprint density at radius 3 is 2.81 bits per heavy atom. The van der Waals surface area contributed by atoms with Crippen LogP contribution in [-0.2, 0) is 6.54 Å². The number of nitrogens with zero attached hydrogens (tertiary/aromatic N) is 3. The fourth-order valence-electron chi connectivity index (χ4n) is 1.47. The molecule has 0 unspecified atom stereocenters. The van der Waals surface area contributed by atoms with Crippen LogP contribution in [0.3, 0.4) is 0 Å². The van der Waals surface area contributed by atoms with Gasteiger partial charge in [-0.25, -0.2) is 0 Å². The molecule has 0 aromatic carbocycles. The van der Waals surface area contributed by atoms with Gasteiger partial charge >= 0.3 is 6.01 Å². The Labute approximate surface area is 98.4 Å². The molecule has 2 aromatic rings. The molecule has 0 aliphatic heterocycles. The van der Waals surface area contributed by atoms with Crippen LogP contribution < -0.4 is 5.32 Å². The summed E-state index contributed by atoms with van der Waals surface area (Å²) in [6, 6.07) is 0.442. The van der Waals surface area contributed by atoms with Crippen LogP contribution in [0.2, 0.25) is 5.02 Å². The van der Waals surface area contributed by atoms with E-state index in [-0.39, 0.29) is 0 Å². The maximum atomic E-state index is 6.05. The van der Waals surface area contributed by atoms with Crippen molar-refractivity contribution in [3.63, 3.8) is 0 Å². The fourth-order valence-corrected chi connectivity index (χ4v) is 1.58. The second-order valence-electron chi connectivity index (χ2n) is 3.55. The van der Waals surface area contributed by atoms with Crippen molar-refractivity contribution in [1.82, 2.24) is 20.1 Å². The minimum atomic E-state index is 0.442. The molecule has 0 atom stereocenters. The third-order valence-electron chi connectivity index (χ3n) is 2.28. The van der Waals surface area contributed by atoms with Crippen molar-refractivity contribution in [2.45, 2.75) is 20.4 Å². The van der Waals surface area contributed by atoms with Gasteiger partial charge in [0.25, 0.3) is 0 Å². The molecule has 86 valence electrons. The third kappa shape index (κ3) is 1.83. The summed E-state index contributed by atoms with van der Waals surface area (Å²) < 4.78 is 6.95. The van der Waals surface area contributed by atoms with Crippen molar-refractivity contribution in [2.24, 2.45) is 0 Å². The van der Waals surface area contributed by atoms with Crippen LogP contribution >= 0.6 is 11.6 Å². The van der Waals surface area contributed by atoms with Crippen LogP contribution in [0.1, 0.15) is 17.1 Å². The lowest BCUT2D eigenvalue weighted by atomic mass is 10.4. The quantitative estimate of drug-likeness (QED) is 0.890. The van der Waals surface area contributed by atoms with Gasteiger partial charge in [-0.3, -0.25) is 0 Å². The molecule has 6 heteroatoms. The van der Waals surface area contributed by atoms with Gasteiger partial charge in [0.15, 0.2) is 0 Å². The van der Waals surface area contributed by atoms with E-state index in [1.54, 1.807) is 10.9 Å². The second-order valence-corrected chi connectivity index (χ2v) is 3.93. The largest absolute Gasteiger partial charge is 0.430 e. The molecular weight excluding hydrogens is 228 g/mol. The highest BCUT2D eigenvalue weighted by Crippen LogP contribution is 2.21. The zero-order valence-corrected chi connectivity index (χ0v) is 10.2. The molecule has 0 radical (unpaired) electrons. The van der Waals surface area contributed by atoms with Crippen LogP contribution in [0.4, 0.5) is 0 Å². The lowest BCUT2D eigenvalue weighted by molar-refractivity contribution is 0.504. The van der Waals surface area contributed by atoms with Gasteiger partial charge in [-0.1, -0.05) is 11.6 Å². The van der Waals surface area contributed by atoms with E-state index in [4.69, 9.17) is 16.0 Å². The molecule has 0 saturated carbocycles. The summed E-state index contributed by atoms with van der Waals surface area (Å²) in [5.74, 6) is 0. The Bertz CT molecular complexity index is 503.